The summed E-state index contributed by atoms with van der Waals surface area (Å²) in [6.07, 6.45) is 2.39. The van der Waals surface area contributed by atoms with Crippen LogP contribution in [0.1, 0.15) is 30.0 Å². The highest BCUT2D eigenvalue weighted by molar-refractivity contribution is 5.33. The van der Waals surface area contributed by atoms with Gasteiger partial charge in [-0.15, -0.1) is 0 Å². The summed E-state index contributed by atoms with van der Waals surface area (Å²) in [7, 11) is 2.02. The number of hydrogen-bond donors (Lipinski definition) is 1. The summed E-state index contributed by atoms with van der Waals surface area (Å²) in [5, 5.41) is 3.27. The Morgan fingerprint density at radius 3 is 2.64 bits per heavy atom. The lowest BCUT2D eigenvalue weighted by Crippen LogP contribution is -2.21. The highest BCUT2D eigenvalue weighted by atomic mass is 14.8. The van der Waals surface area contributed by atoms with Gasteiger partial charge in [0.05, 0.1) is 0 Å². The Bertz CT molecular complexity index is 291. The third-order valence-corrected chi connectivity index (χ3v) is 3.06. The summed E-state index contributed by atoms with van der Waals surface area (Å²) >= 11 is 0. The molecule has 0 heterocycles. The van der Waals surface area contributed by atoms with Crippen molar-refractivity contribution < 1.29 is 0 Å². The first-order valence-corrected chi connectivity index (χ1v) is 5.37. The van der Waals surface area contributed by atoms with Gasteiger partial charge in [-0.3, -0.25) is 0 Å². The number of rotatable bonds is 4. The predicted octanol–water partition coefficient (Wildman–Crippen LogP) is 2.84. The van der Waals surface area contributed by atoms with Crippen molar-refractivity contribution in [3.63, 3.8) is 0 Å². The van der Waals surface area contributed by atoms with Crippen LogP contribution in [-0.4, -0.2) is 13.1 Å². The van der Waals surface area contributed by atoms with E-state index in [0.717, 1.165) is 0 Å². The maximum Gasteiger partial charge on any atom is 0.00388 e. The van der Waals surface area contributed by atoms with Gasteiger partial charge in [0.1, 0.15) is 0 Å². The Labute approximate surface area is 87.5 Å². The third-order valence-electron chi connectivity index (χ3n) is 3.06. The number of benzene rings is 1. The molecule has 0 radical (unpaired) electrons. The lowest BCUT2D eigenvalue weighted by Gasteiger charge is -2.12. The number of nitrogens with one attached hydrogen (secondary N) is 1. The first-order valence-electron chi connectivity index (χ1n) is 5.37. The quantitative estimate of drug-likeness (QED) is 0.771. The predicted molar refractivity (Wildman–Crippen MR) is 62.8 cm³/mol. The summed E-state index contributed by atoms with van der Waals surface area (Å²) in [4.78, 5) is 0. The molecular formula is C13H21N. The molecule has 1 nitrogen and oxygen atoms in total. The van der Waals surface area contributed by atoms with Gasteiger partial charge in [0.2, 0.25) is 0 Å². The molecule has 1 rings (SSSR count). The van der Waals surface area contributed by atoms with E-state index < -0.39 is 0 Å². The Kier molecular flexibility index (Phi) is 4.15. The highest BCUT2D eigenvalue weighted by Gasteiger charge is 2.03. The van der Waals surface area contributed by atoms with Crippen molar-refractivity contribution in [3.05, 3.63) is 34.9 Å². The fraction of sp³-hybridized carbons (Fsp3) is 0.538. The first kappa shape index (κ1) is 11.3. The normalized spacial score (nSPS) is 12.9. The van der Waals surface area contributed by atoms with Crippen LogP contribution in [0.15, 0.2) is 18.2 Å². The van der Waals surface area contributed by atoms with Gasteiger partial charge in [0.15, 0.2) is 0 Å². The molecule has 0 amide bonds. The molecule has 0 aliphatic carbocycles. The molecule has 1 aromatic rings. The van der Waals surface area contributed by atoms with E-state index in [1.54, 1.807) is 0 Å². The summed E-state index contributed by atoms with van der Waals surface area (Å²) in [5.74, 6) is 0. The summed E-state index contributed by atoms with van der Waals surface area (Å²) in [5.41, 5.74) is 4.35. The average Bonchev–Trinajstić information content (AvgIpc) is 2.20. The van der Waals surface area contributed by atoms with Gasteiger partial charge >= 0.3 is 0 Å². The minimum Gasteiger partial charge on any atom is -0.317 e. The Morgan fingerprint density at radius 1 is 1.29 bits per heavy atom. The van der Waals surface area contributed by atoms with Crippen molar-refractivity contribution >= 4 is 0 Å². The molecule has 1 aromatic carbocycles. The van der Waals surface area contributed by atoms with Crippen molar-refractivity contribution in [3.8, 4) is 0 Å². The minimum atomic E-state index is 0.606. The number of aryl methyl sites for hydroxylation is 2. The minimum absolute atomic E-state index is 0.606. The van der Waals surface area contributed by atoms with Crippen molar-refractivity contribution in [1.82, 2.24) is 5.32 Å². The van der Waals surface area contributed by atoms with E-state index in [1.165, 1.54) is 29.5 Å². The zero-order valence-electron chi connectivity index (χ0n) is 9.72. The van der Waals surface area contributed by atoms with Crippen LogP contribution in [-0.2, 0) is 6.42 Å². The Balaban J connectivity index is 2.63. The molecule has 0 saturated carbocycles. The molecule has 0 aliphatic rings. The molecule has 1 N–H and O–H groups in total. The molecule has 0 bridgehead atoms. The van der Waals surface area contributed by atoms with E-state index in [-0.39, 0.29) is 0 Å². The van der Waals surface area contributed by atoms with Crippen molar-refractivity contribution in [2.24, 2.45) is 0 Å². The standard InChI is InChI=1S/C13H21N/c1-10-6-5-7-13(12(10)3)9-8-11(2)14-4/h5-7,11,14H,8-9H2,1-4H3. The second kappa shape index (κ2) is 5.16. The topological polar surface area (TPSA) is 12.0 Å². The van der Waals surface area contributed by atoms with Gasteiger partial charge in [-0.05, 0) is 57.4 Å². The van der Waals surface area contributed by atoms with Crippen LogP contribution in [0.3, 0.4) is 0 Å². The van der Waals surface area contributed by atoms with E-state index in [4.69, 9.17) is 0 Å². The zero-order chi connectivity index (χ0) is 10.6. The maximum atomic E-state index is 3.27. The molecule has 0 fully saturated rings. The first-order chi connectivity index (χ1) is 6.65. The highest BCUT2D eigenvalue weighted by Crippen LogP contribution is 2.14. The van der Waals surface area contributed by atoms with Crippen LogP contribution in [0.25, 0.3) is 0 Å². The van der Waals surface area contributed by atoms with Crippen LogP contribution < -0.4 is 5.32 Å². The number of hydrogen-bond acceptors (Lipinski definition) is 1. The van der Waals surface area contributed by atoms with Crippen LogP contribution in [0.4, 0.5) is 0 Å². The molecular weight excluding hydrogens is 170 g/mol. The zero-order valence-corrected chi connectivity index (χ0v) is 9.72. The van der Waals surface area contributed by atoms with Crippen LogP contribution in [0.2, 0.25) is 0 Å². The van der Waals surface area contributed by atoms with E-state index >= 15 is 0 Å². The van der Waals surface area contributed by atoms with Gasteiger partial charge in [0, 0.05) is 6.04 Å². The molecule has 1 heteroatoms. The van der Waals surface area contributed by atoms with E-state index in [0.29, 0.717) is 6.04 Å². The lowest BCUT2D eigenvalue weighted by atomic mass is 9.98. The molecule has 0 saturated heterocycles. The van der Waals surface area contributed by atoms with E-state index in [2.05, 4.69) is 44.3 Å². The lowest BCUT2D eigenvalue weighted by molar-refractivity contribution is 0.564. The van der Waals surface area contributed by atoms with Gasteiger partial charge in [-0.1, -0.05) is 18.2 Å². The van der Waals surface area contributed by atoms with Crippen LogP contribution in [0, 0.1) is 13.8 Å². The van der Waals surface area contributed by atoms with Crippen LogP contribution >= 0.6 is 0 Å². The molecule has 0 aliphatic heterocycles. The smallest absolute Gasteiger partial charge is 0.00388 e. The van der Waals surface area contributed by atoms with Crippen molar-refractivity contribution in [1.29, 1.82) is 0 Å². The van der Waals surface area contributed by atoms with Gasteiger partial charge in [-0.25, -0.2) is 0 Å². The third kappa shape index (κ3) is 2.85. The van der Waals surface area contributed by atoms with Gasteiger partial charge in [0.25, 0.3) is 0 Å². The van der Waals surface area contributed by atoms with Crippen molar-refractivity contribution in [2.75, 3.05) is 7.05 Å². The molecule has 14 heavy (non-hydrogen) atoms. The molecule has 0 aromatic heterocycles. The van der Waals surface area contributed by atoms with E-state index in [1.807, 2.05) is 7.05 Å². The fourth-order valence-electron chi connectivity index (χ4n) is 1.60. The second-order valence-electron chi connectivity index (χ2n) is 4.09. The monoisotopic (exact) mass is 191 g/mol. The summed E-state index contributed by atoms with van der Waals surface area (Å²) in [6.45, 7) is 6.63. The Morgan fingerprint density at radius 2 is 2.00 bits per heavy atom. The average molecular weight is 191 g/mol. The molecule has 1 atom stereocenters. The van der Waals surface area contributed by atoms with Crippen LogP contribution in [0.5, 0.6) is 0 Å². The van der Waals surface area contributed by atoms with Crippen molar-refractivity contribution in [2.45, 2.75) is 39.7 Å². The molecule has 1 unspecified atom stereocenters. The second-order valence-corrected chi connectivity index (χ2v) is 4.09. The fourth-order valence-corrected chi connectivity index (χ4v) is 1.60. The SMILES string of the molecule is CNC(C)CCc1cccc(C)c1C. The molecule has 78 valence electrons. The Hall–Kier alpha value is -0.820. The maximum absolute atomic E-state index is 3.27. The summed E-state index contributed by atoms with van der Waals surface area (Å²) < 4.78 is 0. The molecule has 0 spiro atoms. The largest absolute Gasteiger partial charge is 0.317 e. The van der Waals surface area contributed by atoms with E-state index in [9.17, 15) is 0 Å². The summed E-state index contributed by atoms with van der Waals surface area (Å²) in [6, 6.07) is 7.18. The van der Waals surface area contributed by atoms with Gasteiger partial charge in [-0.2, -0.15) is 0 Å². The van der Waals surface area contributed by atoms with Gasteiger partial charge < -0.3 is 5.32 Å².